The van der Waals surface area contributed by atoms with Gasteiger partial charge in [0.1, 0.15) is 5.82 Å². The molecular formula is C13H16F3NO2. The van der Waals surface area contributed by atoms with Gasteiger partial charge in [-0.15, -0.1) is 0 Å². The van der Waals surface area contributed by atoms with Gasteiger partial charge in [0.15, 0.2) is 11.6 Å². The second-order valence-corrected chi connectivity index (χ2v) is 4.41. The van der Waals surface area contributed by atoms with Crippen molar-refractivity contribution in [2.75, 3.05) is 6.54 Å². The van der Waals surface area contributed by atoms with Crippen LogP contribution >= 0.6 is 0 Å². The third-order valence-electron chi connectivity index (χ3n) is 3.03. The largest absolute Gasteiger partial charge is 0.391 e. The van der Waals surface area contributed by atoms with Crippen LogP contribution in [0.1, 0.15) is 30.6 Å². The van der Waals surface area contributed by atoms with E-state index in [2.05, 4.69) is 5.32 Å². The summed E-state index contributed by atoms with van der Waals surface area (Å²) in [5, 5.41) is 11.9. The minimum Gasteiger partial charge on any atom is -0.391 e. The van der Waals surface area contributed by atoms with Crippen molar-refractivity contribution in [3.63, 3.8) is 0 Å². The first-order chi connectivity index (χ1) is 8.86. The molecule has 0 aliphatic heterocycles. The first kappa shape index (κ1) is 15.5. The van der Waals surface area contributed by atoms with Crippen LogP contribution in [0.4, 0.5) is 13.2 Å². The van der Waals surface area contributed by atoms with E-state index in [0.717, 1.165) is 6.42 Å². The lowest BCUT2D eigenvalue weighted by Gasteiger charge is -2.17. The molecule has 0 aromatic heterocycles. The Hall–Kier alpha value is -1.56. The molecule has 1 aromatic rings. The van der Waals surface area contributed by atoms with Gasteiger partial charge in [0.2, 0.25) is 0 Å². The lowest BCUT2D eigenvalue weighted by Crippen LogP contribution is -2.35. The molecular weight excluding hydrogens is 259 g/mol. The van der Waals surface area contributed by atoms with Crippen molar-refractivity contribution >= 4 is 5.91 Å². The highest BCUT2D eigenvalue weighted by molar-refractivity contribution is 5.94. The number of aliphatic hydroxyl groups excluding tert-OH is 1. The Balaban J connectivity index is 2.71. The number of benzene rings is 1. The van der Waals surface area contributed by atoms with E-state index in [9.17, 15) is 23.1 Å². The summed E-state index contributed by atoms with van der Waals surface area (Å²) in [7, 11) is 0. The lowest BCUT2D eigenvalue weighted by molar-refractivity contribution is 0.0846. The first-order valence-electron chi connectivity index (χ1n) is 5.97. The molecule has 0 radical (unpaired) electrons. The highest BCUT2D eigenvalue weighted by atomic mass is 19.2. The van der Waals surface area contributed by atoms with Crippen LogP contribution in [0.5, 0.6) is 0 Å². The van der Waals surface area contributed by atoms with Crippen molar-refractivity contribution in [2.24, 2.45) is 5.92 Å². The average molecular weight is 275 g/mol. The summed E-state index contributed by atoms with van der Waals surface area (Å²) in [6.07, 6.45) is -0.0568. The van der Waals surface area contributed by atoms with Crippen molar-refractivity contribution in [2.45, 2.75) is 26.4 Å². The summed E-state index contributed by atoms with van der Waals surface area (Å²) in [4.78, 5) is 11.6. The number of carbonyl (C=O) groups is 1. The van der Waals surface area contributed by atoms with Crippen LogP contribution in [0.25, 0.3) is 0 Å². The third-order valence-corrected chi connectivity index (χ3v) is 3.03. The number of rotatable bonds is 5. The van der Waals surface area contributed by atoms with Crippen LogP contribution in [0.15, 0.2) is 12.1 Å². The second kappa shape index (κ2) is 6.56. The van der Waals surface area contributed by atoms with E-state index in [4.69, 9.17) is 0 Å². The minimum atomic E-state index is -1.35. The molecule has 6 heteroatoms. The van der Waals surface area contributed by atoms with Crippen LogP contribution in [-0.4, -0.2) is 23.7 Å². The van der Waals surface area contributed by atoms with E-state index in [1.807, 2.05) is 6.92 Å². The van der Waals surface area contributed by atoms with Crippen molar-refractivity contribution in [3.05, 3.63) is 35.1 Å². The zero-order valence-corrected chi connectivity index (χ0v) is 10.7. The smallest absolute Gasteiger partial charge is 0.254 e. The predicted octanol–water partition coefficient (Wildman–Crippen LogP) is 2.24. The standard InChI is InChI=1S/C13H16F3NO2/c1-3-7(2)12(18)6-17-13(19)8-4-10(15)11(16)5-9(8)14/h4-5,7,12,18H,3,6H2,1-2H3,(H,17,19). The van der Waals surface area contributed by atoms with Crippen molar-refractivity contribution in [1.29, 1.82) is 0 Å². The van der Waals surface area contributed by atoms with Gasteiger partial charge in [-0.1, -0.05) is 20.3 Å². The highest BCUT2D eigenvalue weighted by Crippen LogP contribution is 2.14. The highest BCUT2D eigenvalue weighted by Gasteiger charge is 2.18. The summed E-state index contributed by atoms with van der Waals surface area (Å²) < 4.78 is 38.9. The summed E-state index contributed by atoms with van der Waals surface area (Å²) >= 11 is 0. The SMILES string of the molecule is CCC(C)C(O)CNC(=O)c1cc(F)c(F)cc1F. The molecule has 3 nitrogen and oxygen atoms in total. The monoisotopic (exact) mass is 275 g/mol. The second-order valence-electron chi connectivity index (χ2n) is 4.41. The Bertz CT molecular complexity index is 465. The number of carbonyl (C=O) groups excluding carboxylic acids is 1. The fourth-order valence-electron chi connectivity index (χ4n) is 1.46. The molecule has 2 unspecified atom stereocenters. The molecule has 0 spiro atoms. The number of halogens is 3. The third kappa shape index (κ3) is 3.96. The molecule has 0 saturated carbocycles. The number of hydrogen-bond acceptors (Lipinski definition) is 2. The fourth-order valence-corrected chi connectivity index (χ4v) is 1.46. The van der Waals surface area contributed by atoms with Gasteiger partial charge in [-0.05, 0) is 12.0 Å². The molecule has 19 heavy (non-hydrogen) atoms. The topological polar surface area (TPSA) is 49.3 Å². The quantitative estimate of drug-likeness (QED) is 0.810. The number of aliphatic hydroxyl groups is 1. The summed E-state index contributed by atoms with van der Waals surface area (Å²) in [6, 6.07) is 0.810. The van der Waals surface area contributed by atoms with Crippen molar-refractivity contribution in [1.82, 2.24) is 5.32 Å². The van der Waals surface area contributed by atoms with Gasteiger partial charge in [-0.3, -0.25) is 4.79 Å². The van der Waals surface area contributed by atoms with E-state index in [1.54, 1.807) is 6.92 Å². The van der Waals surface area contributed by atoms with Gasteiger partial charge in [-0.25, -0.2) is 13.2 Å². The zero-order chi connectivity index (χ0) is 14.6. The molecule has 2 atom stereocenters. The Labute approximate surface area is 109 Å². The maximum Gasteiger partial charge on any atom is 0.254 e. The average Bonchev–Trinajstić information content (AvgIpc) is 2.38. The first-order valence-corrected chi connectivity index (χ1v) is 5.97. The minimum absolute atomic E-state index is 0.0323. The van der Waals surface area contributed by atoms with Crippen molar-refractivity contribution in [3.8, 4) is 0 Å². The number of hydrogen-bond donors (Lipinski definition) is 2. The molecule has 0 saturated heterocycles. The van der Waals surface area contributed by atoms with Gasteiger partial charge in [0, 0.05) is 12.6 Å². The molecule has 1 rings (SSSR count). The number of nitrogens with one attached hydrogen (secondary N) is 1. The van der Waals surface area contributed by atoms with Gasteiger partial charge < -0.3 is 10.4 Å². The summed E-state index contributed by atoms with van der Waals surface area (Å²) in [6.45, 7) is 3.60. The van der Waals surface area contributed by atoms with E-state index < -0.39 is 35.0 Å². The van der Waals surface area contributed by atoms with E-state index >= 15 is 0 Å². The van der Waals surface area contributed by atoms with Crippen LogP contribution in [0, 0.1) is 23.4 Å². The zero-order valence-electron chi connectivity index (χ0n) is 10.7. The molecule has 1 aromatic carbocycles. The molecule has 2 N–H and O–H groups in total. The Morgan fingerprint density at radius 1 is 1.26 bits per heavy atom. The lowest BCUT2D eigenvalue weighted by atomic mass is 10.0. The van der Waals surface area contributed by atoms with E-state index in [-0.39, 0.29) is 12.5 Å². The summed E-state index contributed by atoms with van der Waals surface area (Å²) in [5.74, 6) is -4.72. The normalized spacial score (nSPS) is 14.0. The van der Waals surface area contributed by atoms with Gasteiger partial charge in [0.25, 0.3) is 5.91 Å². The van der Waals surface area contributed by atoms with Crippen molar-refractivity contribution < 1.29 is 23.1 Å². The Morgan fingerprint density at radius 2 is 1.84 bits per heavy atom. The predicted molar refractivity (Wildman–Crippen MR) is 64.1 cm³/mol. The van der Waals surface area contributed by atoms with Gasteiger partial charge in [-0.2, -0.15) is 0 Å². The molecule has 0 heterocycles. The molecule has 1 amide bonds. The van der Waals surface area contributed by atoms with E-state index in [0.29, 0.717) is 12.1 Å². The van der Waals surface area contributed by atoms with Gasteiger partial charge in [0.05, 0.1) is 11.7 Å². The molecule has 0 aliphatic rings. The van der Waals surface area contributed by atoms with Crippen LogP contribution in [0.2, 0.25) is 0 Å². The molecule has 0 bridgehead atoms. The molecule has 0 fully saturated rings. The summed E-state index contributed by atoms with van der Waals surface area (Å²) in [5.41, 5.74) is -0.588. The Kier molecular flexibility index (Phi) is 5.35. The maximum atomic E-state index is 13.3. The molecule has 106 valence electrons. The fraction of sp³-hybridized carbons (Fsp3) is 0.462. The van der Waals surface area contributed by atoms with Crippen LogP contribution in [-0.2, 0) is 0 Å². The van der Waals surface area contributed by atoms with Gasteiger partial charge >= 0.3 is 0 Å². The maximum absolute atomic E-state index is 13.3. The van der Waals surface area contributed by atoms with E-state index in [1.165, 1.54) is 0 Å². The van der Waals surface area contributed by atoms with Crippen LogP contribution < -0.4 is 5.32 Å². The Morgan fingerprint density at radius 3 is 2.42 bits per heavy atom. The number of amides is 1. The molecule has 0 aliphatic carbocycles. The van der Waals surface area contributed by atoms with Crippen LogP contribution in [0.3, 0.4) is 0 Å².